The molecule has 58 heavy (non-hydrogen) atoms. The molecule has 0 aliphatic carbocycles. The van der Waals surface area contributed by atoms with Crippen LogP contribution in [0.25, 0.3) is 10.8 Å². The van der Waals surface area contributed by atoms with Gasteiger partial charge in [0.25, 0.3) is 0 Å². The van der Waals surface area contributed by atoms with Crippen molar-refractivity contribution in [2.24, 2.45) is 40.9 Å². The van der Waals surface area contributed by atoms with Crippen LogP contribution in [0.2, 0.25) is 0 Å². The second-order valence-corrected chi connectivity index (χ2v) is 13.0. The Hall–Kier alpha value is -5.69. The van der Waals surface area contributed by atoms with E-state index in [-0.39, 0.29) is 86.9 Å². The summed E-state index contributed by atoms with van der Waals surface area (Å²) in [5.41, 5.74) is 33.1. The van der Waals surface area contributed by atoms with Crippen LogP contribution in [-0.2, 0) is 20.7 Å². The summed E-state index contributed by atoms with van der Waals surface area (Å²) < 4.78 is 62.0. The van der Waals surface area contributed by atoms with Gasteiger partial charge >= 0.3 is 69.7 Å². The first-order valence-electron chi connectivity index (χ1n) is 15.5. The van der Waals surface area contributed by atoms with Gasteiger partial charge in [-0.05, 0) is 96.3 Å². The largest absolute Gasteiger partial charge is 1.00 e. The Kier molecular flexibility index (Phi) is 16.6. The van der Waals surface area contributed by atoms with Gasteiger partial charge in [-0.1, -0.05) is 11.5 Å². The van der Waals surface area contributed by atoms with Crippen molar-refractivity contribution in [3.63, 3.8) is 0 Å². The van der Waals surface area contributed by atoms with E-state index in [4.69, 9.17) is 41.3 Å². The van der Waals surface area contributed by atoms with Crippen molar-refractivity contribution in [2.75, 3.05) is 28.7 Å². The van der Waals surface area contributed by atoms with Crippen LogP contribution in [0.4, 0.5) is 73.9 Å². The van der Waals surface area contributed by atoms with Crippen molar-refractivity contribution in [3.05, 3.63) is 103 Å². The number of nitrogens with zero attached hydrogens (tertiary/aromatic N) is 8. The third-order valence-corrected chi connectivity index (χ3v) is 8.16. The molecule has 0 fully saturated rings. The number of hydrogen-bond donors (Lipinski definition) is 6. The minimum Gasteiger partial charge on any atom is -0.744 e. The van der Waals surface area contributed by atoms with Crippen LogP contribution >= 0.6 is 0 Å². The normalized spacial score (nSPS) is 11.4. The molecular weight excluding hydrogens is 813 g/mol. The number of nitrogens with two attached hydrogens (primary N) is 5. The first-order valence-corrected chi connectivity index (χ1v) is 17.9. The number of azo groups is 4. The molecule has 6 aromatic rings. The zero-order chi connectivity index (χ0) is 40.6. The summed E-state index contributed by atoms with van der Waals surface area (Å²) in [5.74, 6) is -0.707. The van der Waals surface area contributed by atoms with Gasteiger partial charge < -0.3 is 38.3 Å². The maximum absolute atomic E-state index is 12.2. The molecule has 0 unspecified atom stereocenters. The second kappa shape index (κ2) is 20.6. The third-order valence-electron chi connectivity index (χ3n) is 7.31. The smallest absolute Gasteiger partial charge is 0.744 e. The molecule has 0 saturated carbocycles. The summed E-state index contributed by atoms with van der Waals surface area (Å²) in [7, 11) is -8.24. The standard InChI is InChI=1S/C34H28N13O4S.2Na.O3S/c35-19-2-13-27(25(37)16-19)44-40-21-4-6-23(7-5-21)42-46-29-12-1-18-15-30(52(49,50)51)33(34(48)31(18)32(29)39)47-43-24-10-8-22(9-11-24)41-45-28-14-3-20(36)17-26(28)38;;;1-4(2)3/h1-11,13-17,48H,35-39H2,(H,49,50,51);;;/q-1;2*+1;/p-1. The summed E-state index contributed by atoms with van der Waals surface area (Å²) in [6.07, 6.45) is 0. The van der Waals surface area contributed by atoms with E-state index < -0.39 is 37.1 Å². The molecule has 0 aliphatic heterocycles. The maximum atomic E-state index is 12.2. The molecular formula is C34H27N13Na2O7S2. The number of aromatic hydroxyl groups is 1. The molecule has 0 spiro atoms. The molecule has 0 aromatic heterocycles. The Balaban J connectivity index is 0.00000143. The molecule has 20 nitrogen and oxygen atoms in total. The van der Waals surface area contributed by atoms with E-state index in [0.29, 0.717) is 51.2 Å². The minimum absolute atomic E-state index is 0. The number of phenols is 1. The van der Waals surface area contributed by atoms with Crippen molar-refractivity contribution in [2.45, 2.75) is 4.90 Å². The first kappa shape index (κ1) is 46.7. The zero-order valence-corrected chi connectivity index (χ0v) is 36.0. The van der Waals surface area contributed by atoms with Crippen molar-refractivity contribution < 1.29 is 89.8 Å². The Labute approximate surface area is 375 Å². The van der Waals surface area contributed by atoms with Gasteiger partial charge in [-0.25, -0.2) is 8.42 Å². The maximum Gasteiger partial charge on any atom is 1.00 e. The van der Waals surface area contributed by atoms with Crippen molar-refractivity contribution in [3.8, 4) is 5.75 Å². The summed E-state index contributed by atoms with van der Waals surface area (Å²) in [6.45, 7) is 0. The van der Waals surface area contributed by atoms with Crippen LogP contribution in [0.15, 0.2) is 143 Å². The van der Waals surface area contributed by atoms with Gasteiger partial charge in [-0.2, -0.15) is 37.7 Å². The number of rotatable bonds is 9. The molecule has 0 heterocycles. The number of fused-ring (bicyclic) bond motifs is 1. The SMILES string of the molecule is Nc1ccc(N=Nc2ccc(N=Nc3[c-]cc4cc(S(=O)(=O)[O-])c(N=Nc5ccc(N=Nc6ccc(N)cc6N)cc5)c(O)c4c3N)cc2)c(N)c1.O=S(=O)=O.[Na+].[Na+]. The molecule has 6 rings (SSSR count). The van der Waals surface area contributed by atoms with Crippen LogP contribution in [0.5, 0.6) is 5.75 Å². The summed E-state index contributed by atoms with van der Waals surface area (Å²) in [5, 5.41) is 44.0. The Morgan fingerprint density at radius 1 is 0.586 bits per heavy atom. The quantitative estimate of drug-likeness (QED) is 0.0399. The van der Waals surface area contributed by atoms with E-state index in [2.05, 4.69) is 47.0 Å². The summed E-state index contributed by atoms with van der Waals surface area (Å²) >= 11 is 0. The summed E-state index contributed by atoms with van der Waals surface area (Å²) in [4.78, 5) is -0.814. The van der Waals surface area contributed by atoms with Gasteiger partial charge in [-0.15, -0.1) is 33.4 Å². The van der Waals surface area contributed by atoms with Gasteiger partial charge in [0.15, 0.2) is 0 Å². The minimum atomic E-state index is -5.13. The van der Waals surface area contributed by atoms with E-state index in [9.17, 15) is 18.1 Å². The van der Waals surface area contributed by atoms with Crippen LogP contribution in [0, 0.1) is 6.07 Å². The molecule has 24 heteroatoms. The van der Waals surface area contributed by atoms with E-state index in [1.54, 1.807) is 72.8 Å². The van der Waals surface area contributed by atoms with E-state index >= 15 is 0 Å². The number of phenolic OH excluding ortho intramolecular Hbond substituents is 1. The van der Waals surface area contributed by atoms with Crippen molar-refractivity contribution in [1.82, 2.24) is 0 Å². The fourth-order valence-electron chi connectivity index (χ4n) is 4.70. The first-order chi connectivity index (χ1) is 26.6. The second-order valence-electron chi connectivity index (χ2n) is 11.2. The number of benzene rings is 6. The van der Waals surface area contributed by atoms with Crippen LogP contribution < -0.4 is 87.8 Å². The Morgan fingerprint density at radius 3 is 1.38 bits per heavy atom. The van der Waals surface area contributed by atoms with Crippen LogP contribution in [0.1, 0.15) is 0 Å². The fourth-order valence-corrected chi connectivity index (χ4v) is 5.35. The predicted octanol–water partition coefficient (Wildman–Crippen LogP) is 1.83. The monoisotopic (exact) mass is 839 g/mol. The van der Waals surface area contributed by atoms with E-state index in [1.165, 1.54) is 18.2 Å². The van der Waals surface area contributed by atoms with Gasteiger partial charge in [0.2, 0.25) is 0 Å². The predicted molar refractivity (Wildman–Crippen MR) is 207 cm³/mol. The number of hydrogen-bond acceptors (Lipinski definition) is 20. The van der Waals surface area contributed by atoms with Gasteiger partial charge in [0, 0.05) is 11.4 Å². The van der Waals surface area contributed by atoms with Gasteiger partial charge in [0.05, 0.1) is 39.0 Å². The van der Waals surface area contributed by atoms with Crippen LogP contribution in [0.3, 0.4) is 0 Å². The van der Waals surface area contributed by atoms with Crippen LogP contribution in [-0.4, -0.2) is 30.7 Å². The molecule has 0 saturated heterocycles. The Bertz CT molecular complexity index is 2800. The molecule has 0 radical (unpaired) electrons. The average molecular weight is 840 g/mol. The molecule has 0 amide bonds. The molecule has 0 atom stereocenters. The molecule has 284 valence electrons. The molecule has 0 bridgehead atoms. The zero-order valence-electron chi connectivity index (χ0n) is 30.4. The van der Waals surface area contributed by atoms with Crippen molar-refractivity contribution in [1.29, 1.82) is 0 Å². The Morgan fingerprint density at radius 2 is 0.983 bits per heavy atom. The van der Waals surface area contributed by atoms with Gasteiger partial charge in [-0.3, -0.25) is 0 Å². The summed E-state index contributed by atoms with van der Waals surface area (Å²) in [6, 6.07) is 27.6. The number of nitrogen functional groups attached to an aromatic ring is 5. The van der Waals surface area contributed by atoms with E-state index in [1.807, 2.05) is 0 Å². The van der Waals surface area contributed by atoms with Crippen molar-refractivity contribution >= 4 is 105 Å². The van der Waals surface area contributed by atoms with E-state index in [0.717, 1.165) is 6.07 Å². The molecule has 0 aliphatic rings. The fraction of sp³-hybridized carbons (Fsp3) is 0. The molecule has 11 N–H and O–H groups in total. The number of anilines is 5. The molecule has 6 aromatic carbocycles. The average Bonchev–Trinajstić information content (AvgIpc) is 3.13. The van der Waals surface area contributed by atoms with Gasteiger partial charge in [0.1, 0.15) is 32.9 Å². The topological polar surface area (TPSA) is 358 Å². The third kappa shape index (κ3) is 12.4.